The summed E-state index contributed by atoms with van der Waals surface area (Å²) in [7, 11) is 0. The summed E-state index contributed by atoms with van der Waals surface area (Å²) >= 11 is 0. The van der Waals surface area contributed by atoms with Crippen molar-refractivity contribution in [2.24, 2.45) is 5.92 Å². The van der Waals surface area contributed by atoms with Gasteiger partial charge in [-0.05, 0) is 49.8 Å². The molecular weight excluding hydrogens is 200 g/mol. The Morgan fingerprint density at radius 3 is 2.88 bits per heavy atom. The van der Waals surface area contributed by atoms with E-state index < -0.39 is 0 Å². The minimum atomic E-state index is -0.0339. The first kappa shape index (κ1) is 11.2. The smallest absolute Gasteiger partial charge is 0.309 e. The number of esters is 1. The molecule has 0 saturated heterocycles. The molecule has 0 bridgehead atoms. The van der Waals surface area contributed by atoms with Crippen molar-refractivity contribution in [3.05, 3.63) is 34.9 Å². The lowest BCUT2D eigenvalue weighted by Gasteiger charge is -2.07. The maximum absolute atomic E-state index is 11.6. The highest BCUT2D eigenvalue weighted by Crippen LogP contribution is 2.49. The highest BCUT2D eigenvalue weighted by Gasteiger charge is 2.45. The fraction of sp³-hybridized carbons (Fsp3) is 0.500. The predicted molar refractivity (Wildman–Crippen MR) is 63.4 cm³/mol. The van der Waals surface area contributed by atoms with Crippen LogP contribution in [0.15, 0.2) is 18.2 Å². The van der Waals surface area contributed by atoms with Gasteiger partial charge in [0.1, 0.15) is 0 Å². The van der Waals surface area contributed by atoms with Crippen molar-refractivity contribution in [2.45, 2.75) is 33.1 Å². The van der Waals surface area contributed by atoms with Crippen LogP contribution in [0, 0.1) is 19.8 Å². The Morgan fingerprint density at radius 1 is 1.44 bits per heavy atom. The molecule has 0 aromatic heterocycles. The molecule has 86 valence electrons. The van der Waals surface area contributed by atoms with Gasteiger partial charge in [0.05, 0.1) is 12.5 Å². The van der Waals surface area contributed by atoms with Crippen molar-refractivity contribution in [2.75, 3.05) is 6.61 Å². The van der Waals surface area contributed by atoms with Gasteiger partial charge in [-0.25, -0.2) is 0 Å². The molecule has 1 aliphatic rings. The van der Waals surface area contributed by atoms with E-state index in [-0.39, 0.29) is 11.9 Å². The fourth-order valence-electron chi connectivity index (χ4n) is 2.22. The third-order valence-electron chi connectivity index (χ3n) is 3.43. The molecule has 1 aromatic carbocycles. The number of hydrogen-bond acceptors (Lipinski definition) is 2. The maximum Gasteiger partial charge on any atom is 0.309 e. The largest absolute Gasteiger partial charge is 0.466 e. The quantitative estimate of drug-likeness (QED) is 0.729. The highest BCUT2D eigenvalue weighted by molar-refractivity contribution is 5.77. The van der Waals surface area contributed by atoms with Crippen LogP contribution >= 0.6 is 0 Å². The van der Waals surface area contributed by atoms with E-state index >= 15 is 0 Å². The Hall–Kier alpha value is -1.31. The van der Waals surface area contributed by atoms with E-state index in [0.29, 0.717) is 12.5 Å². The molecule has 0 aliphatic heterocycles. The fourth-order valence-corrected chi connectivity index (χ4v) is 2.22. The van der Waals surface area contributed by atoms with E-state index in [2.05, 4.69) is 32.0 Å². The second kappa shape index (κ2) is 4.28. The van der Waals surface area contributed by atoms with E-state index in [1.165, 1.54) is 16.7 Å². The van der Waals surface area contributed by atoms with Gasteiger partial charge >= 0.3 is 5.97 Å². The standard InChI is InChI=1S/C14H18O2/c1-4-16-14(15)13-8-12(13)11-7-5-6-9(2)10(11)3/h5-7,12-13H,4,8H2,1-3H3/t12-,13+/m1/s1. The summed E-state index contributed by atoms with van der Waals surface area (Å²) in [6.07, 6.45) is 0.948. The first-order valence-electron chi connectivity index (χ1n) is 5.88. The minimum absolute atomic E-state index is 0.0339. The second-order valence-electron chi connectivity index (χ2n) is 4.49. The Bertz CT molecular complexity index is 409. The summed E-state index contributed by atoms with van der Waals surface area (Å²) in [5.41, 5.74) is 3.93. The van der Waals surface area contributed by atoms with Gasteiger partial charge in [-0.15, -0.1) is 0 Å². The van der Waals surface area contributed by atoms with Crippen molar-refractivity contribution in [1.29, 1.82) is 0 Å². The molecule has 0 amide bonds. The topological polar surface area (TPSA) is 26.3 Å². The van der Waals surface area contributed by atoms with Gasteiger partial charge in [0.25, 0.3) is 0 Å². The van der Waals surface area contributed by atoms with Crippen LogP contribution in [-0.4, -0.2) is 12.6 Å². The summed E-state index contributed by atoms with van der Waals surface area (Å²) in [5.74, 6) is 0.452. The molecule has 2 atom stereocenters. The summed E-state index contributed by atoms with van der Waals surface area (Å²) in [6, 6.07) is 6.31. The Balaban J connectivity index is 2.11. The van der Waals surface area contributed by atoms with Crippen molar-refractivity contribution >= 4 is 5.97 Å². The Labute approximate surface area is 96.6 Å². The number of carbonyl (C=O) groups is 1. The average Bonchev–Trinajstić information content (AvgIpc) is 3.02. The zero-order chi connectivity index (χ0) is 11.7. The Kier molecular flexibility index (Phi) is 2.99. The second-order valence-corrected chi connectivity index (χ2v) is 4.49. The molecular formula is C14H18O2. The zero-order valence-corrected chi connectivity index (χ0v) is 10.1. The number of aryl methyl sites for hydroxylation is 1. The van der Waals surface area contributed by atoms with Crippen LogP contribution in [0.1, 0.15) is 36.0 Å². The van der Waals surface area contributed by atoms with Crippen LogP contribution in [0.5, 0.6) is 0 Å². The molecule has 0 radical (unpaired) electrons. The van der Waals surface area contributed by atoms with Crippen LogP contribution in [0.4, 0.5) is 0 Å². The lowest BCUT2D eigenvalue weighted by Crippen LogP contribution is -2.07. The highest BCUT2D eigenvalue weighted by atomic mass is 16.5. The molecule has 0 heterocycles. The molecule has 1 fully saturated rings. The number of hydrogen-bond donors (Lipinski definition) is 0. The first-order chi connectivity index (χ1) is 7.65. The van der Waals surface area contributed by atoms with Crippen molar-refractivity contribution in [3.63, 3.8) is 0 Å². The lowest BCUT2D eigenvalue weighted by atomic mass is 9.99. The SMILES string of the molecule is CCOC(=O)[C@H]1C[C@@H]1c1cccc(C)c1C. The van der Waals surface area contributed by atoms with Gasteiger partial charge in [0.2, 0.25) is 0 Å². The van der Waals surface area contributed by atoms with Crippen molar-refractivity contribution < 1.29 is 9.53 Å². The molecule has 0 spiro atoms. The van der Waals surface area contributed by atoms with Gasteiger partial charge in [-0.1, -0.05) is 18.2 Å². The van der Waals surface area contributed by atoms with Crippen LogP contribution in [0.2, 0.25) is 0 Å². The third kappa shape index (κ3) is 1.97. The summed E-state index contributed by atoms with van der Waals surface area (Å²) in [6.45, 7) is 6.58. The molecule has 1 aliphatic carbocycles. The average molecular weight is 218 g/mol. The number of ether oxygens (including phenoxy) is 1. The van der Waals surface area contributed by atoms with E-state index in [9.17, 15) is 4.79 Å². The van der Waals surface area contributed by atoms with Crippen LogP contribution in [-0.2, 0) is 9.53 Å². The lowest BCUT2D eigenvalue weighted by molar-refractivity contribution is -0.144. The molecule has 0 N–H and O–H groups in total. The van der Waals surface area contributed by atoms with E-state index in [4.69, 9.17) is 4.74 Å². The Morgan fingerprint density at radius 2 is 2.19 bits per heavy atom. The molecule has 1 aromatic rings. The van der Waals surface area contributed by atoms with E-state index in [1.807, 2.05) is 6.92 Å². The normalized spacial score (nSPS) is 22.9. The number of benzene rings is 1. The predicted octanol–water partition coefficient (Wildman–Crippen LogP) is 2.97. The molecule has 2 heteroatoms. The van der Waals surface area contributed by atoms with Crippen molar-refractivity contribution in [1.82, 2.24) is 0 Å². The van der Waals surface area contributed by atoms with E-state index in [0.717, 1.165) is 6.42 Å². The van der Waals surface area contributed by atoms with Gasteiger partial charge in [-0.2, -0.15) is 0 Å². The van der Waals surface area contributed by atoms with Gasteiger partial charge in [-0.3, -0.25) is 4.79 Å². The van der Waals surface area contributed by atoms with Gasteiger partial charge < -0.3 is 4.74 Å². The summed E-state index contributed by atoms with van der Waals surface area (Å²) in [5, 5.41) is 0. The number of carbonyl (C=O) groups excluding carboxylic acids is 1. The first-order valence-corrected chi connectivity index (χ1v) is 5.88. The van der Waals surface area contributed by atoms with Crippen LogP contribution in [0.25, 0.3) is 0 Å². The minimum Gasteiger partial charge on any atom is -0.466 e. The molecule has 0 unspecified atom stereocenters. The van der Waals surface area contributed by atoms with Crippen LogP contribution < -0.4 is 0 Å². The molecule has 16 heavy (non-hydrogen) atoms. The third-order valence-corrected chi connectivity index (χ3v) is 3.43. The van der Waals surface area contributed by atoms with Gasteiger partial charge in [0, 0.05) is 0 Å². The summed E-state index contributed by atoms with van der Waals surface area (Å²) < 4.78 is 5.05. The summed E-state index contributed by atoms with van der Waals surface area (Å²) in [4.78, 5) is 11.6. The van der Waals surface area contributed by atoms with Gasteiger partial charge in [0.15, 0.2) is 0 Å². The molecule has 2 nitrogen and oxygen atoms in total. The molecule has 1 saturated carbocycles. The maximum atomic E-state index is 11.6. The van der Waals surface area contributed by atoms with Crippen molar-refractivity contribution in [3.8, 4) is 0 Å². The van der Waals surface area contributed by atoms with E-state index in [1.54, 1.807) is 0 Å². The van der Waals surface area contributed by atoms with Crippen LogP contribution in [0.3, 0.4) is 0 Å². The molecule has 2 rings (SSSR count). The monoisotopic (exact) mass is 218 g/mol. The number of rotatable bonds is 3. The zero-order valence-electron chi connectivity index (χ0n) is 10.1.